The number of hydrogen-bond acceptors (Lipinski definition) is 3. The highest BCUT2D eigenvalue weighted by atomic mass is 35.5. The summed E-state index contributed by atoms with van der Waals surface area (Å²) >= 11 is 6.15. The fourth-order valence-corrected chi connectivity index (χ4v) is 3.25. The van der Waals surface area contributed by atoms with Gasteiger partial charge in [-0.2, -0.15) is 0 Å². The number of anilines is 1. The molecule has 0 saturated carbocycles. The number of amides is 1. The summed E-state index contributed by atoms with van der Waals surface area (Å²) < 4.78 is 5.15. The van der Waals surface area contributed by atoms with Crippen LogP contribution in [0.15, 0.2) is 78.9 Å². The molecule has 5 heteroatoms. The largest absolute Gasteiger partial charge is 0.495 e. The smallest absolute Gasteiger partial charge is 0.241 e. The molecular formula is C23H23ClN2O2. The number of methoxy groups -OCH3 is 1. The van der Waals surface area contributed by atoms with Gasteiger partial charge in [0, 0.05) is 5.69 Å². The summed E-state index contributed by atoms with van der Waals surface area (Å²) in [7, 11) is 1.55. The average molecular weight is 395 g/mol. The van der Waals surface area contributed by atoms with E-state index < -0.39 is 6.04 Å². The van der Waals surface area contributed by atoms with Gasteiger partial charge < -0.3 is 10.1 Å². The lowest BCUT2D eigenvalue weighted by atomic mass is 9.98. The molecule has 0 saturated heterocycles. The van der Waals surface area contributed by atoms with Crippen molar-refractivity contribution in [3.8, 4) is 5.75 Å². The maximum atomic E-state index is 12.7. The fraction of sp³-hybridized carbons (Fsp3) is 0.174. The lowest BCUT2D eigenvalue weighted by Gasteiger charge is -2.24. The predicted molar refractivity (Wildman–Crippen MR) is 114 cm³/mol. The number of halogens is 1. The molecule has 3 rings (SSSR count). The Kier molecular flexibility index (Phi) is 6.69. The van der Waals surface area contributed by atoms with Gasteiger partial charge in [-0.15, -0.1) is 0 Å². The summed E-state index contributed by atoms with van der Waals surface area (Å²) in [6.07, 6.45) is 0. The molecule has 0 aliphatic rings. The number of benzene rings is 3. The predicted octanol–water partition coefficient (Wildman–Crippen LogP) is 5.05. The Hall–Kier alpha value is -2.82. The van der Waals surface area contributed by atoms with E-state index in [1.54, 1.807) is 25.3 Å². The van der Waals surface area contributed by atoms with Gasteiger partial charge >= 0.3 is 0 Å². The third-order valence-electron chi connectivity index (χ3n) is 4.50. The van der Waals surface area contributed by atoms with Crippen molar-refractivity contribution in [1.29, 1.82) is 0 Å². The van der Waals surface area contributed by atoms with Crippen LogP contribution in [0.3, 0.4) is 0 Å². The molecule has 0 heterocycles. The van der Waals surface area contributed by atoms with E-state index in [2.05, 4.69) is 34.9 Å². The van der Waals surface area contributed by atoms with Crippen molar-refractivity contribution in [2.45, 2.75) is 19.0 Å². The Morgan fingerprint density at radius 2 is 1.50 bits per heavy atom. The molecule has 3 aromatic rings. The van der Waals surface area contributed by atoms with Crippen molar-refractivity contribution < 1.29 is 9.53 Å². The number of hydrogen-bond donors (Lipinski definition) is 2. The van der Waals surface area contributed by atoms with Gasteiger partial charge in [-0.3, -0.25) is 10.1 Å². The average Bonchev–Trinajstić information content (AvgIpc) is 2.73. The van der Waals surface area contributed by atoms with Crippen LogP contribution in [0, 0.1) is 0 Å². The highest BCUT2D eigenvalue weighted by Crippen LogP contribution is 2.27. The Bertz CT molecular complexity index is 877. The van der Waals surface area contributed by atoms with Gasteiger partial charge in [0.1, 0.15) is 5.75 Å². The molecule has 1 unspecified atom stereocenters. The van der Waals surface area contributed by atoms with Gasteiger partial charge in [0.15, 0.2) is 0 Å². The van der Waals surface area contributed by atoms with Crippen LogP contribution in [0.4, 0.5) is 5.69 Å². The second kappa shape index (κ2) is 9.40. The quantitative estimate of drug-likeness (QED) is 0.589. The molecule has 0 aliphatic heterocycles. The van der Waals surface area contributed by atoms with Crippen LogP contribution < -0.4 is 15.4 Å². The van der Waals surface area contributed by atoms with E-state index in [1.807, 2.05) is 43.3 Å². The first-order valence-electron chi connectivity index (χ1n) is 9.09. The first kappa shape index (κ1) is 19.9. The van der Waals surface area contributed by atoms with E-state index in [9.17, 15) is 4.79 Å². The molecule has 1 amide bonds. The summed E-state index contributed by atoms with van der Waals surface area (Å²) in [5.41, 5.74) is 2.82. The Balaban J connectivity index is 1.75. The molecule has 4 nitrogen and oxygen atoms in total. The third-order valence-corrected chi connectivity index (χ3v) is 4.79. The van der Waals surface area contributed by atoms with Crippen molar-refractivity contribution in [3.63, 3.8) is 0 Å². The second-order valence-corrected chi connectivity index (χ2v) is 6.89. The zero-order chi connectivity index (χ0) is 19.9. The lowest BCUT2D eigenvalue weighted by molar-refractivity contribution is -0.117. The normalized spacial score (nSPS) is 11.9. The van der Waals surface area contributed by atoms with Gasteiger partial charge in [0.25, 0.3) is 0 Å². The third kappa shape index (κ3) is 4.91. The zero-order valence-corrected chi connectivity index (χ0v) is 16.6. The standard InChI is InChI=1S/C23H23ClN2O2/c1-16(23(27)26-19-13-14-21(28-2)20(24)15-19)25-22(17-9-5-3-6-10-17)18-11-7-4-8-12-18/h3-16,22,25H,1-2H3,(H,26,27). The van der Waals surface area contributed by atoms with E-state index in [1.165, 1.54) is 0 Å². The lowest BCUT2D eigenvalue weighted by Crippen LogP contribution is -2.40. The molecule has 0 spiro atoms. The SMILES string of the molecule is COc1ccc(NC(=O)C(C)NC(c2ccccc2)c2ccccc2)cc1Cl. The van der Waals surface area contributed by atoms with Crippen molar-refractivity contribution in [1.82, 2.24) is 5.32 Å². The molecular weight excluding hydrogens is 372 g/mol. The topological polar surface area (TPSA) is 50.4 Å². The zero-order valence-electron chi connectivity index (χ0n) is 15.9. The van der Waals surface area contributed by atoms with Crippen LogP contribution in [0.1, 0.15) is 24.1 Å². The minimum absolute atomic E-state index is 0.0948. The van der Waals surface area contributed by atoms with E-state index in [0.717, 1.165) is 11.1 Å². The van der Waals surface area contributed by atoms with Crippen LogP contribution in [0.5, 0.6) is 5.75 Å². The second-order valence-electron chi connectivity index (χ2n) is 6.48. The van der Waals surface area contributed by atoms with Crippen LogP contribution in [0.25, 0.3) is 0 Å². The van der Waals surface area contributed by atoms with E-state index in [-0.39, 0.29) is 11.9 Å². The Morgan fingerprint density at radius 1 is 0.929 bits per heavy atom. The van der Waals surface area contributed by atoms with Crippen molar-refractivity contribution in [2.24, 2.45) is 0 Å². The summed E-state index contributed by atoms with van der Waals surface area (Å²) in [5, 5.41) is 6.79. The Morgan fingerprint density at radius 3 is 2.00 bits per heavy atom. The van der Waals surface area contributed by atoms with E-state index in [4.69, 9.17) is 16.3 Å². The number of nitrogens with one attached hydrogen (secondary N) is 2. The summed E-state index contributed by atoms with van der Waals surface area (Å²) in [6, 6.07) is 24.8. The minimum Gasteiger partial charge on any atom is -0.495 e. The van der Waals surface area contributed by atoms with Gasteiger partial charge in [-0.05, 0) is 36.2 Å². The Labute approximate surface area is 170 Å². The van der Waals surface area contributed by atoms with Crippen molar-refractivity contribution in [3.05, 3.63) is 95.0 Å². The highest BCUT2D eigenvalue weighted by molar-refractivity contribution is 6.32. The molecule has 0 radical (unpaired) electrons. The van der Waals surface area contributed by atoms with Crippen LogP contribution in [-0.4, -0.2) is 19.1 Å². The molecule has 28 heavy (non-hydrogen) atoms. The highest BCUT2D eigenvalue weighted by Gasteiger charge is 2.21. The number of ether oxygens (including phenoxy) is 1. The maximum absolute atomic E-state index is 12.7. The first-order chi connectivity index (χ1) is 13.6. The number of carbonyl (C=O) groups excluding carboxylic acids is 1. The fourth-order valence-electron chi connectivity index (χ4n) is 3.00. The van der Waals surface area contributed by atoms with Crippen LogP contribution >= 0.6 is 11.6 Å². The van der Waals surface area contributed by atoms with Gasteiger partial charge in [-0.1, -0.05) is 72.3 Å². The molecule has 1 atom stereocenters. The van der Waals surface area contributed by atoms with Crippen LogP contribution in [0.2, 0.25) is 5.02 Å². The molecule has 0 aliphatic carbocycles. The van der Waals surface area contributed by atoms with Gasteiger partial charge in [0.05, 0.1) is 24.2 Å². The number of rotatable bonds is 7. The summed E-state index contributed by atoms with van der Waals surface area (Å²) in [6.45, 7) is 1.85. The number of carbonyl (C=O) groups is 1. The molecule has 3 aromatic carbocycles. The molecule has 144 valence electrons. The summed E-state index contributed by atoms with van der Waals surface area (Å²) in [5.74, 6) is 0.428. The van der Waals surface area contributed by atoms with Crippen molar-refractivity contribution >= 4 is 23.2 Å². The molecule has 0 bridgehead atoms. The monoisotopic (exact) mass is 394 g/mol. The molecule has 2 N–H and O–H groups in total. The van der Waals surface area contributed by atoms with Gasteiger partial charge in [0.2, 0.25) is 5.91 Å². The summed E-state index contributed by atoms with van der Waals surface area (Å²) in [4.78, 5) is 12.7. The minimum atomic E-state index is -0.425. The maximum Gasteiger partial charge on any atom is 0.241 e. The van der Waals surface area contributed by atoms with E-state index in [0.29, 0.717) is 16.5 Å². The molecule has 0 fully saturated rings. The first-order valence-corrected chi connectivity index (χ1v) is 9.46. The van der Waals surface area contributed by atoms with Crippen molar-refractivity contribution in [2.75, 3.05) is 12.4 Å². The van der Waals surface area contributed by atoms with Crippen LogP contribution in [-0.2, 0) is 4.79 Å². The van der Waals surface area contributed by atoms with Gasteiger partial charge in [-0.25, -0.2) is 0 Å². The van der Waals surface area contributed by atoms with E-state index >= 15 is 0 Å². The molecule has 0 aromatic heterocycles.